The second-order valence-corrected chi connectivity index (χ2v) is 4.96. The van der Waals surface area contributed by atoms with E-state index in [1.807, 2.05) is 55.9 Å². The lowest BCUT2D eigenvalue weighted by atomic mass is 10.2. The van der Waals surface area contributed by atoms with Crippen molar-refractivity contribution >= 4 is 5.91 Å². The second kappa shape index (κ2) is 6.92. The minimum atomic E-state index is -0.0198. The van der Waals surface area contributed by atoms with Gasteiger partial charge in [0.15, 0.2) is 0 Å². The van der Waals surface area contributed by atoms with Crippen molar-refractivity contribution in [2.24, 2.45) is 7.05 Å². The van der Waals surface area contributed by atoms with Gasteiger partial charge in [-0.05, 0) is 26.0 Å². The van der Waals surface area contributed by atoms with Crippen LogP contribution in [-0.4, -0.2) is 22.3 Å². The van der Waals surface area contributed by atoms with Crippen molar-refractivity contribution in [3.63, 3.8) is 0 Å². The maximum atomic E-state index is 11.8. The van der Waals surface area contributed by atoms with Crippen molar-refractivity contribution in [1.29, 1.82) is 0 Å². The van der Waals surface area contributed by atoms with Crippen molar-refractivity contribution in [2.45, 2.75) is 26.8 Å². The average Bonchev–Trinajstić information content (AvgIpc) is 2.71. The van der Waals surface area contributed by atoms with Crippen LogP contribution in [0.4, 0.5) is 0 Å². The fraction of sp³-hybridized carbons (Fsp3) is 0.375. The third-order valence-electron chi connectivity index (χ3n) is 3.46. The van der Waals surface area contributed by atoms with Crippen LogP contribution in [0.15, 0.2) is 30.3 Å². The molecular formula is C16H21N3O2. The van der Waals surface area contributed by atoms with Gasteiger partial charge in [0.2, 0.25) is 5.91 Å². The summed E-state index contributed by atoms with van der Waals surface area (Å²) < 4.78 is 7.33. The van der Waals surface area contributed by atoms with Gasteiger partial charge in [-0.25, -0.2) is 0 Å². The van der Waals surface area contributed by atoms with Gasteiger partial charge in [0.1, 0.15) is 5.75 Å². The van der Waals surface area contributed by atoms with Crippen LogP contribution >= 0.6 is 0 Å². The molecule has 2 rings (SSSR count). The standard InChI is InChI=1S/C16H21N3O2/c1-12-15(13(2)19(3)18-12)11-17-16(20)9-10-21-14-7-5-4-6-8-14/h4-8H,9-11H2,1-3H3,(H,17,20). The van der Waals surface area contributed by atoms with Crippen molar-refractivity contribution in [3.05, 3.63) is 47.3 Å². The Morgan fingerprint density at radius 1 is 1.29 bits per heavy atom. The average molecular weight is 287 g/mol. The highest BCUT2D eigenvalue weighted by Crippen LogP contribution is 2.11. The van der Waals surface area contributed by atoms with Gasteiger partial charge in [0.05, 0.1) is 18.7 Å². The van der Waals surface area contributed by atoms with Crippen LogP contribution in [-0.2, 0) is 18.4 Å². The number of rotatable bonds is 6. The summed E-state index contributed by atoms with van der Waals surface area (Å²) in [5.41, 5.74) is 3.11. The molecule has 1 heterocycles. The zero-order valence-electron chi connectivity index (χ0n) is 12.7. The maximum Gasteiger partial charge on any atom is 0.223 e. The maximum absolute atomic E-state index is 11.8. The molecule has 0 saturated heterocycles. The van der Waals surface area contributed by atoms with Crippen molar-refractivity contribution < 1.29 is 9.53 Å². The van der Waals surface area contributed by atoms with Gasteiger partial charge in [-0.15, -0.1) is 0 Å². The van der Waals surface area contributed by atoms with E-state index in [2.05, 4.69) is 10.4 Å². The predicted molar refractivity (Wildman–Crippen MR) is 81.1 cm³/mol. The summed E-state index contributed by atoms with van der Waals surface area (Å²) in [6.07, 6.45) is 0.341. The SMILES string of the molecule is Cc1nn(C)c(C)c1CNC(=O)CCOc1ccccc1. The number of para-hydroxylation sites is 1. The van der Waals surface area contributed by atoms with Crippen LogP contribution in [0.2, 0.25) is 0 Å². The second-order valence-electron chi connectivity index (χ2n) is 4.96. The highest BCUT2D eigenvalue weighted by atomic mass is 16.5. The van der Waals surface area contributed by atoms with E-state index in [1.165, 1.54) is 0 Å². The summed E-state index contributed by atoms with van der Waals surface area (Å²) in [4.78, 5) is 11.8. The molecule has 0 fully saturated rings. The normalized spacial score (nSPS) is 10.4. The van der Waals surface area contributed by atoms with E-state index < -0.39 is 0 Å². The number of hydrogen-bond donors (Lipinski definition) is 1. The molecule has 2 aromatic rings. The van der Waals surface area contributed by atoms with Crippen LogP contribution in [0, 0.1) is 13.8 Å². The minimum Gasteiger partial charge on any atom is -0.493 e. The summed E-state index contributed by atoms with van der Waals surface area (Å²) >= 11 is 0. The van der Waals surface area contributed by atoms with Crippen molar-refractivity contribution in [1.82, 2.24) is 15.1 Å². The van der Waals surface area contributed by atoms with Gasteiger partial charge in [-0.2, -0.15) is 5.10 Å². The number of amides is 1. The number of hydrogen-bond acceptors (Lipinski definition) is 3. The lowest BCUT2D eigenvalue weighted by Crippen LogP contribution is -2.25. The number of aromatic nitrogens is 2. The van der Waals surface area contributed by atoms with Crippen LogP contribution in [0.1, 0.15) is 23.4 Å². The molecular weight excluding hydrogens is 266 g/mol. The molecule has 0 aliphatic heterocycles. The van der Waals surface area contributed by atoms with Gasteiger partial charge >= 0.3 is 0 Å². The third-order valence-corrected chi connectivity index (χ3v) is 3.46. The Morgan fingerprint density at radius 3 is 2.62 bits per heavy atom. The van der Waals surface area contributed by atoms with E-state index in [9.17, 15) is 4.79 Å². The fourth-order valence-electron chi connectivity index (χ4n) is 2.13. The molecule has 112 valence electrons. The van der Waals surface area contributed by atoms with Crippen LogP contribution in [0.3, 0.4) is 0 Å². The number of carbonyl (C=O) groups is 1. The summed E-state index contributed by atoms with van der Waals surface area (Å²) in [5, 5.41) is 7.24. The summed E-state index contributed by atoms with van der Waals surface area (Å²) in [7, 11) is 1.90. The highest BCUT2D eigenvalue weighted by molar-refractivity contribution is 5.76. The molecule has 0 unspecified atom stereocenters. The van der Waals surface area contributed by atoms with E-state index in [0.717, 1.165) is 22.7 Å². The molecule has 1 aromatic heterocycles. The first-order valence-electron chi connectivity index (χ1n) is 7.01. The van der Waals surface area contributed by atoms with Gasteiger partial charge in [-0.3, -0.25) is 9.48 Å². The number of benzene rings is 1. The van der Waals surface area contributed by atoms with Gasteiger partial charge < -0.3 is 10.1 Å². The Kier molecular flexibility index (Phi) is 4.98. The van der Waals surface area contributed by atoms with Gasteiger partial charge in [-0.1, -0.05) is 18.2 Å². The summed E-state index contributed by atoms with van der Waals surface area (Å²) in [6, 6.07) is 9.49. The molecule has 0 saturated carbocycles. The molecule has 1 N–H and O–H groups in total. The lowest BCUT2D eigenvalue weighted by Gasteiger charge is -2.07. The topological polar surface area (TPSA) is 56.2 Å². The van der Waals surface area contributed by atoms with Crippen LogP contribution < -0.4 is 10.1 Å². The van der Waals surface area contributed by atoms with Crippen molar-refractivity contribution in [2.75, 3.05) is 6.61 Å². The Morgan fingerprint density at radius 2 is 2.00 bits per heavy atom. The van der Waals surface area contributed by atoms with E-state index in [4.69, 9.17) is 4.74 Å². The first-order valence-corrected chi connectivity index (χ1v) is 7.01. The Balaban J connectivity index is 1.75. The third kappa shape index (κ3) is 4.08. The zero-order chi connectivity index (χ0) is 15.2. The van der Waals surface area contributed by atoms with E-state index in [-0.39, 0.29) is 5.91 Å². The minimum absolute atomic E-state index is 0.0198. The number of carbonyl (C=O) groups excluding carboxylic acids is 1. The zero-order valence-corrected chi connectivity index (χ0v) is 12.7. The number of nitrogens with one attached hydrogen (secondary N) is 1. The largest absolute Gasteiger partial charge is 0.493 e. The van der Waals surface area contributed by atoms with Crippen LogP contribution in [0.5, 0.6) is 5.75 Å². The monoisotopic (exact) mass is 287 g/mol. The highest BCUT2D eigenvalue weighted by Gasteiger charge is 2.10. The van der Waals surface area contributed by atoms with E-state index in [0.29, 0.717) is 19.6 Å². The molecule has 5 nitrogen and oxygen atoms in total. The Hall–Kier alpha value is -2.30. The number of nitrogens with zero attached hydrogens (tertiary/aromatic N) is 2. The molecule has 0 aliphatic carbocycles. The Labute approximate surface area is 124 Å². The number of aryl methyl sites for hydroxylation is 2. The first kappa shape index (κ1) is 15.1. The first-order chi connectivity index (χ1) is 10.1. The molecule has 0 aliphatic rings. The Bertz CT molecular complexity index is 605. The van der Waals surface area contributed by atoms with Crippen molar-refractivity contribution in [3.8, 4) is 5.75 Å². The smallest absolute Gasteiger partial charge is 0.223 e. The molecule has 0 atom stereocenters. The predicted octanol–water partition coefficient (Wildman–Crippen LogP) is 2.12. The molecule has 21 heavy (non-hydrogen) atoms. The molecule has 0 spiro atoms. The lowest BCUT2D eigenvalue weighted by molar-refractivity contribution is -0.121. The summed E-state index contributed by atoms with van der Waals surface area (Å²) in [6.45, 7) is 4.84. The molecule has 0 radical (unpaired) electrons. The van der Waals surface area contributed by atoms with Gasteiger partial charge in [0, 0.05) is 24.8 Å². The van der Waals surface area contributed by atoms with Gasteiger partial charge in [0.25, 0.3) is 0 Å². The van der Waals surface area contributed by atoms with Crippen LogP contribution in [0.25, 0.3) is 0 Å². The molecule has 5 heteroatoms. The molecule has 1 aromatic carbocycles. The van der Waals surface area contributed by atoms with E-state index >= 15 is 0 Å². The molecule has 1 amide bonds. The van der Waals surface area contributed by atoms with E-state index in [1.54, 1.807) is 0 Å². The quantitative estimate of drug-likeness (QED) is 0.885. The number of ether oxygens (including phenoxy) is 1. The fourth-order valence-corrected chi connectivity index (χ4v) is 2.13. The molecule has 0 bridgehead atoms. The summed E-state index contributed by atoms with van der Waals surface area (Å²) in [5.74, 6) is 0.762.